The van der Waals surface area contributed by atoms with Gasteiger partial charge in [0.15, 0.2) is 11.6 Å². The fourth-order valence-corrected chi connectivity index (χ4v) is 4.11. The van der Waals surface area contributed by atoms with Crippen molar-refractivity contribution < 1.29 is 26.7 Å². The highest BCUT2D eigenvalue weighted by atomic mass is 32.2. The number of carbonyl (C=O) groups excluding carboxylic acids is 1. The van der Waals surface area contributed by atoms with Gasteiger partial charge in [-0.2, -0.15) is 0 Å². The number of hydrogen-bond acceptors (Lipinski definition) is 5. The van der Waals surface area contributed by atoms with Crippen molar-refractivity contribution in [2.75, 3.05) is 35.6 Å². The minimum absolute atomic E-state index is 0.0409. The Morgan fingerprint density at radius 3 is 2.03 bits per heavy atom. The van der Waals surface area contributed by atoms with Crippen LogP contribution in [0.25, 0.3) is 0 Å². The second-order valence-corrected chi connectivity index (χ2v) is 8.91. The molecule has 3 rings (SSSR count). The van der Waals surface area contributed by atoms with Gasteiger partial charge in [-0.05, 0) is 67.6 Å². The van der Waals surface area contributed by atoms with Crippen LogP contribution >= 0.6 is 0 Å². The van der Waals surface area contributed by atoms with Crippen molar-refractivity contribution in [2.45, 2.75) is 11.8 Å². The third kappa shape index (κ3) is 5.78. The summed E-state index contributed by atoms with van der Waals surface area (Å²) in [5, 5.41) is 2.43. The number of amides is 1. The van der Waals surface area contributed by atoms with Crippen molar-refractivity contribution in [3.63, 3.8) is 0 Å². The van der Waals surface area contributed by atoms with Crippen molar-refractivity contribution in [3.05, 3.63) is 77.9 Å². The first-order valence-electron chi connectivity index (χ1n) is 9.94. The van der Waals surface area contributed by atoms with Crippen LogP contribution in [0, 0.1) is 11.6 Å². The average Bonchev–Trinajstić information content (AvgIpc) is 2.74. The van der Waals surface area contributed by atoms with Gasteiger partial charge in [0.05, 0.1) is 11.5 Å². The molecule has 0 aliphatic heterocycles. The van der Waals surface area contributed by atoms with Crippen molar-refractivity contribution in [1.29, 1.82) is 0 Å². The summed E-state index contributed by atoms with van der Waals surface area (Å²) in [6, 6.07) is 13.6. The van der Waals surface area contributed by atoms with E-state index in [1.807, 2.05) is 6.92 Å². The lowest BCUT2D eigenvalue weighted by Crippen LogP contribution is -2.16. The maximum absolute atomic E-state index is 14.1. The lowest BCUT2D eigenvalue weighted by molar-refractivity contribution is 0.102. The molecule has 1 amide bonds. The number of nitrogens with zero attached hydrogens (tertiary/aromatic N) is 1. The molecule has 7 nitrogen and oxygen atoms in total. The second kappa shape index (κ2) is 9.86. The smallest absolute Gasteiger partial charge is 0.261 e. The predicted molar refractivity (Wildman–Crippen MR) is 123 cm³/mol. The fourth-order valence-electron chi connectivity index (χ4n) is 3.05. The summed E-state index contributed by atoms with van der Waals surface area (Å²) in [6.07, 6.45) is 0. The molecule has 0 fully saturated rings. The average molecular weight is 476 g/mol. The molecule has 10 heteroatoms. The molecule has 0 unspecified atom stereocenters. The third-order valence-electron chi connectivity index (χ3n) is 4.57. The molecule has 0 saturated heterocycles. The van der Waals surface area contributed by atoms with Gasteiger partial charge < -0.3 is 15.0 Å². The highest BCUT2D eigenvalue weighted by Gasteiger charge is 2.17. The molecule has 0 aromatic heterocycles. The van der Waals surface area contributed by atoms with Crippen LogP contribution in [0.4, 0.5) is 25.8 Å². The molecule has 0 aliphatic carbocycles. The van der Waals surface area contributed by atoms with Crippen molar-refractivity contribution in [2.24, 2.45) is 0 Å². The largest absolute Gasteiger partial charge is 0.494 e. The minimum atomic E-state index is -3.84. The van der Waals surface area contributed by atoms with Gasteiger partial charge in [-0.3, -0.25) is 9.52 Å². The number of ether oxygens (including phenoxy) is 1. The molecule has 0 spiro atoms. The first-order chi connectivity index (χ1) is 15.6. The van der Waals surface area contributed by atoms with E-state index in [0.29, 0.717) is 12.4 Å². The van der Waals surface area contributed by atoms with E-state index in [2.05, 4.69) is 10.0 Å². The van der Waals surface area contributed by atoms with Gasteiger partial charge >= 0.3 is 0 Å². The van der Waals surface area contributed by atoms with E-state index in [0.717, 1.165) is 12.1 Å². The molecule has 0 heterocycles. The summed E-state index contributed by atoms with van der Waals surface area (Å²) in [7, 11) is -0.830. The van der Waals surface area contributed by atoms with Crippen LogP contribution in [0.2, 0.25) is 0 Å². The summed E-state index contributed by atoms with van der Waals surface area (Å²) in [5.74, 6) is -1.67. The van der Waals surface area contributed by atoms with Gasteiger partial charge in [0.1, 0.15) is 11.4 Å². The number of benzene rings is 3. The SMILES string of the molecule is CCOc1ccc(S(=O)(=O)Nc2ccc(C(=O)Nc3cc(F)c(N(C)C)c(F)c3)cc2)cc1. The molecular formula is C23H23F2N3O4S. The Balaban J connectivity index is 1.70. The van der Waals surface area contributed by atoms with E-state index >= 15 is 0 Å². The monoisotopic (exact) mass is 475 g/mol. The summed E-state index contributed by atoms with van der Waals surface area (Å²) in [5.41, 5.74) is 0.169. The quantitative estimate of drug-likeness (QED) is 0.502. The first-order valence-corrected chi connectivity index (χ1v) is 11.4. The van der Waals surface area contributed by atoms with Crippen LogP contribution in [-0.2, 0) is 10.0 Å². The molecule has 2 N–H and O–H groups in total. The summed E-state index contributed by atoms with van der Waals surface area (Å²) >= 11 is 0. The van der Waals surface area contributed by atoms with Gasteiger partial charge in [0, 0.05) is 31.0 Å². The summed E-state index contributed by atoms with van der Waals surface area (Å²) < 4.78 is 61.1. The van der Waals surface area contributed by atoms with Gasteiger partial charge in [-0.1, -0.05) is 0 Å². The Bertz CT molecular complexity index is 1220. The highest BCUT2D eigenvalue weighted by Crippen LogP contribution is 2.26. The second-order valence-electron chi connectivity index (χ2n) is 7.22. The zero-order chi connectivity index (χ0) is 24.2. The molecule has 33 heavy (non-hydrogen) atoms. The van der Waals surface area contributed by atoms with Crippen molar-refractivity contribution >= 4 is 33.0 Å². The van der Waals surface area contributed by atoms with E-state index in [1.54, 1.807) is 12.1 Å². The molecule has 0 aliphatic rings. The number of sulfonamides is 1. The number of anilines is 3. The lowest BCUT2D eigenvalue weighted by Gasteiger charge is -2.16. The molecular weight excluding hydrogens is 452 g/mol. The Morgan fingerprint density at radius 1 is 0.939 bits per heavy atom. The van der Waals surface area contributed by atoms with Crippen LogP contribution < -0.4 is 19.7 Å². The van der Waals surface area contributed by atoms with Gasteiger partial charge in [0.25, 0.3) is 15.9 Å². The molecule has 0 radical (unpaired) electrons. The molecule has 0 atom stereocenters. The predicted octanol–water partition coefficient (Wildman–Crippen LogP) is 4.48. The molecule has 3 aromatic rings. The van der Waals surface area contributed by atoms with Crippen molar-refractivity contribution in [1.82, 2.24) is 0 Å². The van der Waals surface area contributed by atoms with E-state index < -0.39 is 27.6 Å². The van der Waals surface area contributed by atoms with E-state index in [-0.39, 0.29) is 27.5 Å². The highest BCUT2D eigenvalue weighted by molar-refractivity contribution is 7.92. The van der Waals surface area contributed by atoms with Gasteiger partial charge in [-0.15, -0.1) is 0 Å². The number of hydrogen-bond donors (Lipinski definition) is 2. The van der Waals surface area contributed by atoms with E-state index in [9.17, 15) is 22.0 Å². The van der Waals surface area contributed by atoms with Crippen LogP contribution in [0.3, 0.4) is 0 Å². The maximum atomic E-state index is 14.1. The van der Waals surface area contributed by atoms with Crippen molar-refractivity contribution in [3.8, 4) is 5.75 Å². The topological polar surface area (TPSA) is 87.7 Å². The zero-order valence-electron chi connectivity index (χ0n) is 18.2. The number of nitrogens with one attached hydrogen (secondary N) is 2. The van der Waals surface area contributed by atoms with E-state index in [1.165, 1.54) is 55.4 Å². The first kappa shape index (κ1) is 24.0. The number of carbonyl (C=O) groups is 1. The van der Waals surface area contributed by atoms with Crippen LogP contribution in [0.1, 0.15) is 17.3 Å². The lowest BCUT2D eigenvalue weighted by atomic mass is 10.2. The normalized spacial score (nSPS) is 11.1. The Morgan fingerprint density at radius 2 is 1.52 bits per heavy atom. The zero-order valence-corrected chi connectivity index (χ0v) is 19.0. The maximum Gasteiger partial charge on any atom is 0.261 e. The van der Waals surface area contributed by atoms with Crippen LogP contribution in [0.5, 0.6) is 5.75 Å². The van der Waals surface area contributed by atoms with Gasteiger partial charge in [0.2, 0.25) is 0 Å². The van der Waals surface area contributed by atoms with Crippen LogP contribution in [-0.4, -0.2) is 35.0 Å². The molecule has 3 aromatic carbocycles. The standard InChI is InChI=1S/C23H23F2N3O4S/c1-4-32-18-9-11-19(12-10-18)33(30,31)27-16-7-5-15(6-8-16)23(29)26-17-13-20(24)22(28(2)3)21(25)14-17/h5-14,27H,4H2,1-3H3,(H,26,29). The molecule has 0 saturated carbocycles. The van der Waals surface area contributed by atoms with Crippen LogP contribution in [0.15, 0.2) is 65.6 Å². The Hall–Kier alpha value is -3.66. The number of halogens is 2. The third-order valence-corrected chi connectivity index (χ3v) is 5.96. The molecule has 0 bridgehead atoms. The fraction of sp³-hybridized carbons (Fsp3) is 0.174. The Labute approximate surface area is 191 Å². The summed E-state index contributed by atoms with van der Waals surface area (Å²) in [6.45, 7) is 2.29. The Kier molecular flexibility index (Phi) is 7.17. The summed E-state index contributed by atoms with van der Waals surface area (Å²) in [4.78, 5) is 13.8. The van der Waals surface area contributed by atoms with E-state index in [4.69, 9.17) is 4.74 Å². The number of rotatable bonds is 8. The minimum Gasteiger partial charge on any atom is -0.494 e. The van der Waals surface area contributed by atoms with Gasteiger partial charge in [-0.25, -0.2) is 17.2 Å². The molecule has 174 valence electrons.